The SMILES string of the molecule is NC(=O)CCn1[nH]c(=O)c2ccccc2c1=O. The van der Waals surface area contributed by atoms with E-state index in [9.17, 15) is 14.4 Å². The summed E-state index contributed by atoms with van der Waals surface area (Å²) < 4.78 is 1.11. The van der Waals surface area contributed by atoms with Crippen molar-refractivity contribution in [2.75, 3.05) is 0 Å². The fourth-order valence-electron chi connectivity index (χ4n) is 1.63. The first-order valence-corrected chi connectivity index (χ1v) is 5.10. The van der Waals surface area contributed by atoms with Crippen molar-refractivity contribution in [1.29, 1.82) is 0 Å². The predicted octanol–water partition coefficient (Wildman–Crippen LogP) is -0.435. The van der Waals surface area contributed by atoms with Gasteiger partial charge in [-0.15, -0.1) is 0 Å². The number of benzene rings is 1. The zero-order valence-corrected chi connectivity index (χ0v) is 8.97. The second kappa shape index (κ2) is 4.25. The molecule has 1 aromatic carbocycles. The smallest absolute Gasteiger partial charge is 0.273 e. The maximum absolute atomic E-state index is 11.9. The molecule has 17 heavy (non-hydrogen) atoms. The normalized spacial score (nSPS) is 10.6. The summed E-state index contributed by atoms with van der Waals surface area (Å²) in [6.07, 6.45) is 0.00812. The van der Waals surface area contributed by atoms with Crippen molar-refractivity contribution in [3.8, 4) is 0 Å². The number of H-pyrrole nitrogens is 1. The third-order valence-corrected chi connectivity index (χ3v) is 2.47. The van der Waals surface area contributed by atoms with Crippen LogP contribution in [0.3, 0.4) is 0 Å². The number of nitrogens with one attached hydrogen (secondary N) is 1. The molecule has 0 unspecified atom stereocenters. The fourth-order valence-corrected chi connectivity index (χ4v) is 1.63. The highest BCUT2D eigenvalue weighted by atomic mass is 16.2. The molecule has 2 rings (SSSR count). The Morgan fingerprint density at radius 2 is 1.88 bits per heavy atom. The highest BCUT2D eigenvalue weighted by molar-refractivity contribution is 5.80. The molecule has 1 amide bonds. The van der Waals surface area contributed by atoms with Gasteiger partial charge in [-0.1, -0.05) is 12.1 Å². The van der Waals surface area contributed by atoms with Crippen molar-refractivity contribution in [2.24, 2.45) is 5.73 Å². The molecule has 0 fully saturated rings. The summed E-state index contributed by atoms with van der Waals surface area (Å²) in [4.78, 5) is 34.2. The summed E-state index contributed by atoms with van der Waals surface area (Å²) in [5, 5.41) is 3.09. The van der Waals surface area contributed by atoms with E-state index < -0.39 is 5.91 Å². The molecule has 1 aromatic heterocycles. The number of hydrogen-bond acceptors (Lipinski definition) is 3. The van der Waals surface area contributed by atoms with Gasteiger partial charge < -0.3 is 5.73 Å². The molecule has 88 valence electrons. The molecule has 2 aromatic rings. The van der Waals surface area contributed by atoms with Gasteiger partial charge in [0.05, 0.1) is 17.3 Å². The van der Waals surface area contributed by atoms with Crippen LogP contribution >= 0.6 is 0 Å². The summed E-state index contributed by atoms with van der Waals surface area (Å²) in [6.45, 7) is 0.0776. The Morgan fingerprint density at radius 1 is 1.24 bits per heavy atom. The molecule has 6 nitrogen and oxygen atoms in total. The van der Waals surface area contributed by atoms with Gasteiger partial charge in [-0.25, -0.2) is 4.68 Å². The molecule has 0 radical (unpaired) electrons. The quantitative estimate of drug-likeness (QED) is 0.752. The van der Waals surface area contributed by atoms with Gasteiger partial charge in [0, 0.05) is 6.42 Å². The molecule has 0 saturated heterocycles. The maximum Gasteiger partial charge on any atom is 0.273 e. The number of amides is 1. The molecule has 0 aliphatic rings. The second-order valence-electron chi connectivity index (χ2n) is 3.66. The number of primary amides is 1. The van der Waals surface area contributed by atoms with Gasteiger partial charge in [-0.3, -0.25) is 19.5 Å². The zero-order valence-electron chi connectivity index (χ0n) is 8.97. The number of aromatic amines is 1. The number of aryl methyl sites for hydroxylation is 1. The Bertz CT molecular complexity index is 684. The van der Waals surface area contributed by atoms with Gasteiger partial charge in [0.2, 0.25) is 5.91 Å². The highest BCUT2D eigenvalue weighted by Crippen LogP contribution is 2.02. The Balaban J connectivity index is 2.59. The Hall–Kier alpha value is -2.37. The van der Waals surface area contributed by atoms with E-state index in [0.29, 0.717) is 10.8 Å². The molecule has 0 spiro atoms. The number of carbonyl (C=O) groups excluding carboxylic acids is 1. The number of fused-ring (bicyclic) bond motifs is 1. The molecular weight excluding hydrogens is 222 g/mol. The van der Waals surface area contributed by atoms with Crippen LogP contribution in [0.15, 0.2) is 33.9 Å². The van der Waals surface area contributed by atoms with Crippen LogP contribution in [0, 0.1) is 0 Å². The Morgan fingerprint density at radius 3 is 2.53 bits per heavy atom. The number of hydrogen-bond donors (Lipinski definition) is 2. The van der Waals surface area contributed by atoms with E-state index >= 15 is 0 Å². The van der Waals surface area contributed by atoms with Crippen LogP contribution in [-0.4, -0.2) is 15.7 Å². The lowest BCUT2D eigenvalue weighted by atomic mass is 10.2. The van der Waals surface area contributed by atoms with E-state index in [2.05, 4.69) is 5.10 Å². The lowest BCUT2D eigenvalue weighted by molar-refractivity contribution is -0.118. The van der Waals surface area contributed by atoms with E-state index in [1.807, 2.05) is 0 Å². The third-order valence-electron chi connectivity index (χ3n) is 2.47. The number of nitrogens with zero attached hydrogens (tertiary/aromatic N) is 1. The molecule has 6 heteroatoms. The van der Waals surface area contributed by atoms with Crippen LogP contribution in [0.25, 0.3) is 10.8 Å². The Labute approximate surface area is 95.7 Å². The van der Waals surface area contributed by atoms with Gasteiger partial charge in [-0.2, -0.15) is 0 Å². The summed E-state index contributed by atoms with van der Waals surface area (Å²) in [6, 6.07) is 6.52. The van der Waals surface area contributed by atoms with Gasteiger partial charge in [0.1, 0.15) is 0 Å². The van der Waals surface area contributed by atoms with Gasteiger partial charge in [-0.05, 0) is 12.1 Å². The van der Waals surface area contributed by atoms with Crippen LogP contribution in [-0.2, 0) is 11.3 Å². The first kappa shape index (κ1) is 11.1. The lowest BCUT2D eigenvalue weighted by Crippen LogP contribution is -2.31. The molecule has 0 atom stereocenters. The van der Waals surface area contributed by atoms with Crippen LogP contribution in [0.5, 0.6) is 0 Å². The first-order valence-electron chi connectivity index (χ1n) is 5.10. The molecule has 0 saturated carbocycles. The minimum absolute atomic E-state index is 0.00812. The molecule has 0 aliphatic heterocycles. The minimum atomic E-state index is -0.522. The van der Waals surface area contributed by atoms with E-state index in [1.165, 1.54) is 0 Å². The van der Waals surface area contributed by atoms with Crippen LogP contribution in [0.1, 0.15) is 6.42 Å². The summed E-state index contributed by atoms with van der Waals surface area (Å²) in [7, 11) is 0. The number of aromatic nitrogens is 2. The number of carbonyl (C=O) groups is 1. The van der Waals surface area contributed by atoms with Crippen LogP contribution in [0.4, 0.5) is 0 Å². The van der Waals surface area contributed by atoms with Crippen molar-refractivity contribution in [2.45, 2.75) is 13.0 Å². The predicted molar refractivity (Wildman–Crippen MR) is 62.6 cm³/mol. The van der Waals surface area contributed by atoms with Crippen molar-refractivity contribution in [3.63, 3.8) is 0 Å². The van der Waals surface area contributed by atoms with Crippen molar-refractivity contribution in [1.82, 2.24) is 9.78 Å². The largest absolute Gasteiger partial charge is 0.370 e. The summed E-state index contributed by atoms with van der Waals surface area (Å²) >= 11 is 0. The summed E-state index contributed by atoms with van der Waals surface area (Å²) in [5.74, 6) is -0.522. The molecule has 0 bridgehead atoms. The Kier molecular flexibility index (Phi) is 2.78. The lowest BCUT2D eigenvalue weighted by Gasteiger charge is -2.05. The average molecular weight is 233 g/mol. The van der Waals surface area contributed by atoms with Crippen molar-refractivity contribution in [3.05, 3.63) is 45.0 Å². The van der Waals surface area contributed by atoms with Crippen LogP contribution in [0.2, 0.25) is 0 Å². The minimum Gasteiger partial charge on any atom is -0.370 e. The molecule has 0 aliphatic carbocycles. The van der Waals surface area contributed by atoms with E-state index in [-0.39, 0.29) is 24.1 Å². The second-order valence-corrected chi connectivity index (χ2v) is 3.66. The highest BCUT2D eigenvalue weighted by Gasteiger charge is 2.06. The third kappa shape index (κ3) is 2.10. The van der Waals surface area contributed by atoms with Gasteiger partial charge in [0.15, 0.2) is 0 Å². The van der Waals surface area contributed by atoms with E-state index in [4.69, 9.17) is 5.73 Å². The molecule has 3 N–H and O–H groups in total. The first-order chi connectivity index (χ1) is 8.09. The fraction of sp³-hybridized carbons (Fsp3) is 0.182. The van der Waals surface area contributed by atoms with Crippen molar-refractivity contribution >= 4 is 16.7 Å². The van der Waals surface area contributed by atoms with E-state index in [1.54, 1.807) is 24.3 Å². The van der Waals surface area contributed by atoms with Gasteiger partial charge in [0.25, 0.3) is 11.1 Å². The number of rotatable bonds is 3. The molecule has 1 heterocycles. The summed E-state index contributed by atoms with van der Waals surface area (Å²) in [5.41, 5.74) is 4.31. The van der Waals surface area contributed by atoms with Crippen LogP contribution < -0.4 is 16.9 Å². The molecular formula is C11H11N3O3. The van der Waals surface area contributed by atoms with Crippen molar-refractivity contribution < 1.29 is 4.79 Å². The topological polar surface area (TPSA) is 97.9 Å². The average Bonchev–Trinajstić information content (AvgIpc) is 2.32. The number of nitrogens with two attached hydrogens (primary N) is 1. The zero-order chi connectivity index (χ0) is 12.4. The van der Waals surface area contributed by atoms with E-state index in [0.717, 1.165) is 4.68 Å². The standard InChI is InChI=1S/C11H11N3O3/c12-9(15)5-6-14-11(17)8-4-2-1-3-7(8)10(16)13-14/h1-4H,5-6H2,(H2,12,15)(H,13,16). The monoisotopic (exact) mass is 233 g/mol. The maximum atomic E-state index is 11.9. The van der Waals surface area contributed by atoms with Gasteiger partial charge >= 0.3 is 0 Å².